The first kappa shape index (κ1) is 10.3. The lowest BCUT2D eigenvalue weighted by atomic mass is 10.1. The number of thioether (sulfide) groups is 1. The van der Waals surface area contributed by atoms with Crippen LogP contribution < -0.4 is 0 Å². The highest BCUT2D eigenvalue weighted by Crippen LogP contribution is 2.19. The van der Waals surface area contributed by atoms with Gasteiger partial charge in [-0.3, -0.25) is 4.79 Å². The smallest absolute Gasteiger partial charge is 0.193 e. The first-order valence-electron chi connectivity index (χ1n) is 5.02. The van der Waals surface area contributed by atoms with Gasteiger partial charge in [-0.25, -0.2) is 0 Å². The molecule has 0 fully saturated rings. The number of carbonyl (C=O) groups excluding carboxylic acids is 1. The summed E-state index contributed by atoms with van der Waals surface area (Å²) in [5.74, 6) is 0.849. The van der Waals surface area contributed by atoms with Crippen LogP contribution >= 0.6 is 11.8 Å². The lowest BCUT2D eigenvalue weighted by molar-refractivity contribution is -0.110. The minimum Gasteiger partial charge on any atom is -0.361 e. The summed E-state index contributed by atoms with van der Waals surface area (Å²) in [6.45, 7) is 2.00. The maximum absolute atomic E-state index is 11.5. The Morgan fingerprint density at radius 3 is 3.07 bits per heavy atom. The Balaban J connectivity index is 2.27. The van der Waals surface area contributed by atoms with E-state index in [1.54, 1.807) is 0 Å². The normalized spacial score (nSPS) is 10.7. The van der Waals surface area contributed by atoms with Crippen LogP contribution in [0.5, 0.6) is 0 Å². The molecule has 0 spiro atoms. The molecule has 2 rings (SSSR count). The summed E-state index contributed by atoms with van der Waals surface area (Å²) in [6, 6.07) is 8.05. The molecule has 0 saturated carbocycles. The summed E-state index contributed by atoms with van der Waals surface area (Å²) in [6.07, 6.45) is 2.43. The number of aromatic amines is 1. The lowest BCUT2D eigenvalue weighted by Gasteiger charge is -2.01. The molecule has 1 aromatic heterocycles. The van der Waals surface area contributed by atoms with Crippen molar-refractivity contribution in [1.82, 2.24) is 4.98 Å². The summed E-state index contributed by atoms with van der Waals surface area (Å²) in [7, 11) is 0. The van der Waals surface area contributed by atoms with Crippen molar-refractivity contribution in [2.45, 2.75) is 13.3 Å². The van der Waals surface area contributed by atoms with Gasteiger partial charge in [0.2, 0.25) is 0 Å². The number of hydrogen-bond acceptors (Lipinski definition) is 2. The molecule has 0 aliphatic carbocycles. The largest absolute Gasteiger partial charge is 0.361 e. The van der Waals surface area contributed by atoms with Crippen molar-refractivity contribution in [3.63, 3.8) is 0 Å². The molecule has 1 N–H and O–H groups in total. The molecule has 1 aromatic carbocycles. The Kier molecular flexibility index (Phi) is 3.11. The number of H-pyrrole nitrogens is 1. The van der Waals surface area contributed by atoms with Gasteiger partial charge in [-0.15, -0.1) is 0 Å². The maximum Gasteiger partial charge on any atom is 0.193 e. The van der Waals surface area contributed by atoms with E-state index in [1.807, 2.05) is 37.4 Å². The molecular weight excluding hydrogens is 206 g/mol. The van der Waals surface area contributed by atoms with E-state index in [0.29, 0.717) is 6.42 Å². The average Bonchev–Trinajstić information content (AvgIpc) is 2.67. The van der Waals surface area contributed by atoms with Gasteiger partial charge in [0.15, 0.2) is 5.12 Å². The van der Waals surface area contributed by atoms with Crippen molar-refractivity contribution in [2.24, 2.45) is 0 Å². The topological polar surface area (TPSA) is 32.9 Å². The minimum atomic E-state index is 0.242. The molecule has 3 heteroatoms. The molecule has 0 radical (unpaired) electrons. The highest BCUT2D eigenvalue weighted by Gasteiger charge is 2.06. The van der Waals surface area contributed by atoms with Crippen LogP contribution in [0.1, 0.15) is 12.5 Å². The predicted molar refractivity (Wildman–Crippen MR) is 65.1 cm³/mol. The fourth-order valence-electron chi connectivity index (χ4n) is 1.67. The number of carbonyl (C=O) groups is 1. The number of benzene rings is 1. The molecular formula is C12H13NOS. The zero-order valence-corrected chi connectivity index (χ0v) is 9.43. The van der Waals surface area contributed by atoms with Crippen molar-refractivity contribution in [2.75, 3.05) is 5.75 Å². The summed E-state index contributed by atoms with van der Waals surface area (Å²) >= 11 is 1.39. The number of aromatic nitrogens is 1. The van der Waals surface area contributed by atoms with E-state index < -0.39 is 0 Å². The third kappa shape index (κ3) is 2.23. The Labute approximate surface area is 93.1 Å². The maximum atomic E-state index is 11.5. The van der Waals surface area contributed by atoms with Crippen LogP contribution in [0.25, 0.3) is 10.9 Å². The average molecular weight is 219 g/mol. The van der Waals surface area contributed by atoms with Crippen LogP contribution in [-0.4, -0.2) is 15.9 Å². The molecule has 0 atom stereocenters. The highest BCUT2D eigenvalue weighted by atomic mass is 32.2. The number of rotatable bonds is 3. The second-order valence-corrected chi connectivity index (χ2v) is 4.66. The summed E-state index contributed by atoms with van der Waals surface area (Å²) in [5.41, 5.74) is 2.21. The third-order valence-corrected chi connectivity index (χ3v) is 3.08. The quantitative estimate of drug-likeness (QED) is 0.860. The molecule has 15 heavy (non-hydrogen) atoms. The zero-order valence-electron chi connectivity index (χ0n) is 8.62. The molecule has 0 aliphatic heterocycles. The van der Waals surface area contributed by atoms with Gasteiger partial charge in [0.1, 0.15) is 0 Å². The van der Waals surface area contributed by atoms with Crippen molar-refractivity contribution in [3.05, 3.63) is 36.0 Å². The van der Waals surface area contributed by atoms with Gasteiger partial charge in [-0.2, -0.15) is 0 Å². The van der Waals surface area contributed by atoms with E-state index in [0.717, 1.165) is 22.2 Å². The summed E-state index contributed by atoms with van der Waals surface area (Å²) in [4.78, 5) is 14.7. The van der Waals surface area contributed by atoms with E-state index in [1.165, 1.54) is 11.8 Å². The van der Waals surface area contributed by atoms with Crippen molar-refractivity contribution in [3.8, 4) is 0 Å². The molecule has 0 bridgehead atoms. The number of nitrogens with one attached hydrogen (secondary N) is 1. The Morgan fingerprint density at radius 1 is 1.40 bits per heavy atom. The first-order chi connectivity index (χ1) is 7.31. The minimum absolute atomic E-state index is 0.242. The van der Waals surface area contributed by atoms with Gasteiger partial charge in [0.25, 0.3) is 0 Å². The number of hydrogen-bond donors (Lipinski definition) is 1. The van der Waals surface area contributed by atoms with Crippen LogP contribution in [0.3, 0.4) is 0 Å². The van der Waals surface area contributed by atoms with Crippen molar-refractivity contribution in [1.29, 1.82) is 0 Å². The molecule has 78 valence electrons. The number of fused-ring (bicyclic) bond motifs is 1. The molecule has 1 heterocycles. The standard InChI is InChI=1S/C12H13NOS/c1-2-15-12(14)8-9-4-3-5-11-10(9)6-7-13-11/h3-7,13H,2,8H2,1H3. The third-order valence-electron chi connectivity index (χ3n) is 2.33. The molecule has 2 aromatic rings. The van der Waals surface area contributed by atoms with E-state index in [2.05, 4.69) is 4.98 Å². The van der Waals surface area contributed by atoms with Gasteiger partial charge in [0, 0.05) is 23.5 Å². The second kappa shape index (κ2) is 4.53. The van der Waals surface area contributed by atoms with E-state index in [4.69, 9.17) is 0 Å². The Morgan fingerprint density at radius 2 is 2.27 bits per heavy atom. The monoisotopic (exact) mass is 219 g/mol. The van der Waals surface area contributed by atoms with Crippen molar-refractivity contribution >= 4 is 27.8 Å². The van der Waals surface area contributed by atoms with E-state index in [-0.39, 0.29) is 5.12 Å². The van der Waals surface area contributed by atoms with Crippen LogP contribution in [0.4, 0.5) is 0 Å². The van der Waals surface area contributed by atoms with Crippen LogP contribution in [-0.2, 0) is 11.2 Å². The molecule has 0 aliphatic rings. The molecule has 0 saturated heterocycles. The van der Waals surface area contributed by atoms with Gasteiger partial charge in [-0.05, 0) is 23.4 Å². The highest BCUT2D eigenvalue weighted by molar-refractivity contribution is 8.13. The van der Waals surface area contributed by atoms with Gasteiger partial charge in [-0.1, -0.05) is 30.8 Å². The molecule has 2 nitrogen and oxygen atoms in total. The molecule has 0 unspecified atom stereocenters. The SMILES string of the molecule is CCSC(=O)Cc1cccc2[nH]ccc12. The fraction of sp³-hybridized carbons (Fsp3) is 0.250. The predicted octanol–water partition coefficient (Wildman–Crippen LogP) is 2.99. The zero-order chi connectivity index (χ0) is 10.7. The van der Waals surface area contributed by atoms with Gasteiger partial charge < -0.3 is 4.98 Å². The lowest BCUT2D eigenvalue weighted by Crippen LogP contribution is -1.98. The van der Waals surface area contributed by atoms with Crippen LogP contribution in [0.15, 0.2) is 30.5 Å². The molecule has 0 amide bonds. The van der Waals surface area contributed by atoms with Crippen LogP contribution in [0.2, 0.25) is 0 Å². The Hall–Kier alpha value is -1.22. The van der Waals surface area contributed by atoms with E-state index in [9.17, 15) is 4.79 Å². The van der Waals surface area contributed by atoms with Crippen molar-refractivity contribution < 1.29 is 4.79 Å². The van der Waals surface area contributed by atoms with E-state index >= 15 is 0 Å². The summed E-state index contributed by atoms with van der Waals surface area (Å²) < 4.78 is 0. The van der Waals surface area contributed by atoms with Gasteiger partial charge >= 0.3 is 0 Å². The summed E-state index contributed by atoms with van der Waals surface area (Å²) in [5, 5.41) is 1.40. The van der Waals surface area contributed by atoms with Crippen LogP contribution in [0, 0.1) is 0 Å². The fourth-order valence-corrected chi connectivity index (χ4v) is 2.25. The second-order valence-electron chi connectivity index (χ2n) is 3.34. The first-order valence-corrected chi connectivity index (χ1v) is 6.00. The van der Waals surface area contributed by atoms with Gasteiger partial charge in [0.05, 0.1) is 0 Å². The Bertz CT molecular complexity index is 475.